The van der Waals surface area contributed by atoms with Gasteiger partial charge in [0.05, 0.1) is 0 Å². The van der Waals surface area contributed by atoms with Gasteiger partial charge in [0.2, 0.25) is 5.91 Å². The lowest BCUT2D eigenvalue weighted by molar-refractivity contribution is -0.126. The molecular weight excluding hydrogens is 210 g/mol. The molecule has 1 atom stereocenters. The third-order valence-electron chi connectivity index (χ3n) is 3.41. The average molecular weight is 237 g/mol. The molecule has 1 aliphatic rings. The highest BCUT2D eigenvalue weighted by molar-refractivity contribution is 5.79. The molecule has 1 amide bonds. The van der Waals surface area contributed by atoms with Crippen molar-refractivity contribution in [2.24, 2.45) is 11.8 Å². The SMILES string of the molecule is C=CCC(CC1CCCC1)C(=O)NC(C)(C)C. The van der Waals surface area contributed by atoms with Gasteiger partial charge in [-0.25, -0.2) is 0 Å². The molecule has 0 saturated heterocycles. The van der Waals surface area contributed by atoms with E-state index < -0.39 is 0 Å². The Labute approximate surface area is 106 Å². The van der Waals surface area contributed by atoms with E-state index in [0.29, 0.717) is 0 Å². The minimum atomic E-state index is -0.133. The summed E-state index contributed by atoms with van der Waals surface area (Å²) in [6.45, 7) is 9.87. The van der Waals surface area contributed by atoms with Gasteiger partial charge in [0.15, 0.2) is 0 Å². The number of carbonyl (C=O) groups excluding carboxylic acids is 1. The van der Waals surface area contributed by atoms with E-state index in [9.17, 15) is 4.79 Å². The van der Waals surface area contributed by atoms with Crippen LogP contribution < -0.4 is 5.32 Å². The Kier molecular flexibility index (Phi) is 5.23. The Hall–Kier alpha value is -0.790. The zero-order valence-electron chi connectivity index (χ0n) is 11.6. The molecule has 0 aromatic heterocycles. The highest BCUT2D eigenvalue weighted by atomic mass is 16.2. The number of rotatable bonds is 5. The van der Waals surface area contributed by atoms with Gasteiger partial charge >= 0.3 is 0 Å². The second kappa shape index (κ2) is 6.23. The number of amides is 1. The highest BCUT2D eigenvalue weighted by Crippen LogP contribution is 2.31. The smallest absolute Gasteiger partial charge is 0.223 e. The molecule has 0 radical (unpaired) electrons. The van der Waals surface area contributed by atoms with Gasteiger partial charge in [-0.1, -0.05) is 31.8 Å². The molecule has 1 aliphatic carbocycles. The fourth-order valence-corrected chi connectivity index (χ4v) is 2.63. The zero-order chi connectivity index (χ0) is 12.9. The van der Waals surface area contributed by atoms with Crippen LogP contribution in [0, 0.1) is 11.8 Å². The van der Waals surface area contributed by atoms with Crippen molar-refractivity contribution in [2.75, 3.05) is 0 Å². The Morgan fingerprint density at radius 3 is 2.47 bits per heavy atom. The first kappa shape index (κ1) is 14.3. The van der Waals surface area contributed by atoms with Gasteiger partial charge in [0, 0.05) is 11.5 Å². The van der Waals surface area contributed by atoms with Crippen molar-refractivity contribution >= 4 is 5.91 Å². The molecule has 0 bridgehead atoms. The predicted octanol–water partition coefficient (Wildman–Crippen LogP) is 3.67. The summed E-state index contributed by atoms with van der Waals surface area (Å²) in [5.74, 6) is 1.07. The van der Waals surface area contributed by atoms with Crippen LogP contribution in [0.2, 0.25) is 0 Å². The van der Waals surface area contributed by atoms with E-state index in [2.05, 4.69) is 11.9 Å². The largest absolute Gasteiger partial charge is 0.351 e. The quantitative estimate of drug-likeness (QED) is 0.726. The number of allylic oxidation sites excluding steroid dienone is 1. The van der Waals surface area contributed by atoms with Crippen molar-refractivity contribution in [3.63, 3.8) is 0 Å². The number of carbonyl (C=O) groups is 1. The second-order valence-electron chi connectivity index (χ2n) is 6.35. The molecule has 1 fully saturated rings. The normalized spacial score (nSPS) is 19.0. The van der Waals surface area contributed by atoms with Crippen LogP contribution in [0.3, 0.4) is 0 Å². The topological polar surface area (TPSA) is 29.1 Å². The van der Waals surface area contributed by atoms with E-state index in [1.165, 1.54) is 25.7 Å². The molecule has 0 heterocycles. The standard InChI is InChI=1S/C15H27NO/c1-5-8-13(11-12-9-6-7-10-12)14(17)16-15(2,3)4/h5,12-13H,1,6-11H2,2-4H3,(H,16,17). The van der Waals surface area contributed by atoms with Gasteiger partial charge in [-0.3, -0.25) is 4.79 Å². The van der Waals surface area contributed by atoms with E-state index in [4.69, 9.17) is 0 Å². The molecular formula is C15H27NO. The monoisotopic (exact) mass is 237 g/mol. The summed E-state index contributed by atoms with van der Waals surface area (Å²) in [5.41, 5.74) is -0.133. The molecule has 0 aliphatic heterocycles. The fourth-order valence-electron chi connectivity index (χ4n) is 2.63. The van der Waals surface area contributed by atoms with Gasteiger partial charge in [0.1, 0.15) is 0 Å². The number of nitrogens with one attached hydrogen (secondary N) is 1. The molecule has 1 rings (SSSR count). The van der Waals surface area contributed by atoms with Crippen molar-refractivity contribution in [2.45, 2.75) is 64.8 Å². The van der Waals surface area contributed by atoms with Crippen LogP contribution in [0.5, 0.6) is 0 Å². The van der Waals surface area contributed by atoms with E-state index >= 15 is 0 Å². The fraction of sp³-hybridized carbons (Fsp3) is 0.800. The maximum atomic E-state index is 12.2. The Balaban J connectivity index is 2.51. The molecule has 1 N–H and O–H groups in total. The van der Waals surface area contributed by atoms with Crippen LogP contribution in [0.15, 0.2) is 12.7 Å². The minimum Gasteiger partial charge on any atom is -0.351 e. The molecule has 0 aromatic carbocycles. The van der Waals surface area contributed by atoms with Crippen LogP contribution in [0.4, 0.5) is 0 Å². The van der Waals surface area contributed by atoms with Crippen LogP contribution in [-0.4, -0.2) is 11.4 Å². The molecule has 98 valence electrons. The molecule has 1 unspecified atom stereocenters. The minimum absolute atomic E-state index is 0.120. The predicted molar refractivity (Wildman–Crippen MR) is 72.8 cm³/mol. The summed E-state index contributed by atoms with van der Waals surface area (Å²) >= 11 is 0. The molecule has 2 heteroatoms. The van der Waals surface area contributed by atoms with E-state index in [-0.39, 0.29) is 17.4 Å². The van der Waals surface area contributed by atoms with Crippen molar-refractivity contribution in [1.82, 2.24) is 5.32 Å². The summed E-state index contributed by atoms with van der Waals surface area (Å²) in [5, 5.41) is 3.09. The van der Waals surface area contributed by atoms with Crippen LogP contribution in [0.1, 0.15) is 59.3 Å². The average Bonchev–Trinajstić information content (AvgIpc) is 2.67. The first-order valence-electron chi connectivity index (χ1n) is 6.85. The first-order chi connectivity index (χ1) is 7.92. The van der Waals surface area contributed by atoms with Crippen molar-refractivity contribution in [3.05, 3.63) is 12.7 Å². The lowest BCUT2D eigenvalue weighted by Gasteiger charge is -2.25. The van der Waals surface area contributed by atoms with E-state index in [1.54, 1.807) is 0 Å². The van der Waals surface area contributed by atoms with Crippen LogP contribution in [-0.2, 0) is 4.79 Å². The zero-order valence-corrected chi connectivity index (χ0v) is 11.6. The Morgan fingerprint density at radius 1 is 1.41 bits per heavy atom. The molecule has 0 spiro atoms. The maximum absolute atomic E-state index is 12.2. The summed E-state index contributed by atoms with van der Waals surface area (Å²) in [4.78, 5) is 12.2. The Bertz CT molecular complexity index is 259. The lowest BCUT2D eigenvalue weighted by atomic mass is 9.89. The van der Waals surface area contributed by atoms with Crippen molar-refractivity contribution in [3.8, 4) is 0 Å². The van der Waals surface area contributed by atoms with Gasteiger partial charge in [-0.15, -0.1) is 6.58 Å². The van der Waals surface area contributed by atoms with Crippen molar-refractivity contribution < 1.29 is 4.79 Å². The van der Waals surface area contributed by atoms with E-state index in [0.717, 1.165) is 18.8 Å². The summed E-state index contributed by atoms with van der Waals surface area (Å²) in [6.07, 6.45) is 9.00. The molecule has 0 aromatic rings. The molecule has 17 heavy (non-hydrogen) atoms. The van der Waals surface area contributed by atoms with Gasteiger partial charge in [-0.05, 0) is 39.5 Å². The van der Waals surface area contributed by atoms with Gasteiger partial charge in [0.25, 0.3) is 0 Å². The first-order valence-corrected chi connectivity index (χ1v) is 6.85. The van der Waals surface area contributed by atoms with Crippen molar-refractivity contribution in [1.29, 1.82) is 0 Å². The van der Waals surface area contributed by atoms with Crippen LogP contribution >= 0.6 is 0 Å². The second-order valence-corrected chi connectivity index (χ2v) is 6.35. The number of hydrogen-bond donors (Lipinski definition) is 1. The molecule has 2 nitrogen and oxygen atoms in total. The summed E-state index contributed by atoms with van der Waals surface area (Å²) in [6, 6.07) is 0. The third kappa shape index (κ3) is 5.38. The highest BCUT2D eigenvalue weighted by Gasteiger charge is 2.26. The maximum Gasteiger partial charge on any atom is 0.223 e. The Morgan fingerprint density at radius 2 is 2.00 bits per heavy atom. The number of hydrogen-bond acceptors (Lipinski definition) is 1. The van der Waals surface area contributed by atoms with Crippen LogP contribution in [0.25, 0.3) is 0 Å². The molecule has 1 saturated carbocycles. The third-order valence-corrected chi connectivity index (χ3v) is 3.41. The lowest BCUT2D eigenvalue weighted by Crippen LogP contribution is -2.44. The van der Waals surface area contributed by atoms with Gasteiger partial charge in [-0.2, -0.15) is 0 Å². The van der Waals surface area contributed by atoms with Gasteiger partial charge < -0.3 is 5.32 Å². The summed E-state index contributed by atoms with van der Waals surface area (Å²) in [7, 11) is 0. The summed E-state index contributed by atoms with van der Waals surface area (Å²) < 4.78 is 0. The van der Waals surface area contributed by atoms with E-state index in [1.807, 2.05) is 26.8 Å².